The number of anilines is 1. The molecule has 2 heterocycles. The standard InChI is InChI=1S/C26H20N2O8S/c1-13-3-4-14(2)19(7-13)27-22(29)12-28-23(30)21(37-26(28)35)11-18-5-6-20(36-18)15-8-16(24(31)32)10-17(9-15)25(33)34/h3-11H,12H2,1-2H3,(H,27,29)(H,31,32)(H,33,34)/b21-11+. The van der Waals surface area contributed by atoms with Crippen LogP contribution in [0.15, 0.2) is 57.9 Å². The summed E-state index contributed by atoms with van der Waals surface area (Å²) in [6.07, 6.45) is 1.33. The highest BCUT2D eigenvalue weighted by Crippen LogP contribution is 2.33. The van der Waals surface area contributed by atoms with Crippen LogP contribution in [-0.2, 0) is 9.59 Å². The van der Waals surface area contributed by atoms with E-state index in [-0.39, 0.29) is 33.1 Å². The van der Waals surface area contributed by atoms with Crippen LogP contribution in [-0.4, -0.2) is 50.6 Å². The summed E-state index contributed by atoms with van der Waals surface area (Å²) in [6, 6.07) is 12.1. The summed E-state index contributed by atoms with van der Waals surface area (Å²) in [5, 5.41) is 20.6. The number of carbonyl (C=O) groups is 5. The molecule has 1 saturated heterocycles. The second kappa shape index (κ2) is 10.2. The molecule has 188 valence electrons. The lowest BCUT2D eigenvalue weighted by atomic mass is 10.0. The van der Waals surface area contributed by atoms with Crippen molar-refractivity contribution in [3.63, 3.8) is 0 Å². The summed E-state index contributed by atoms with van der Waals surface area (Å²) >= 11 is 0.651. The van der Waals surface area contributed by atoms with E-state index in [1.165, 1.54) is 30.3 Å². The molecule has 3 amide bonds. The molecule has 4 rings (SSSR count). The van der Waals surface area contributed by atoms with E-state index < -0.39 is 35.5 Å². The topological polar surface area (TPSA) is 154 Å². The Hall–Kier alpha value is -4.64. The summed E-state index contributed by atoms with van der Waals surface area (Å²) in [6.45, 7) is 3.25. The molecule has 0 saturated carbocycles. The Morgan fingerprint density at radius 2 is 1.65 bits per heavy atom. The maximum atomic E-state index is 12.8. The minimum atomic E-state index is -1.30. The normalized spacial score (nSPS) is 14.3. The number of benzene rings is 2. The predicted octanol–water partition coefficient (Wildman–Crippen LogP) is 4.63. The van der Waals surface area contributed by atoms with Crippen LogP contribution < -0.4 is 5.32 Å². The van der Waals surface area contributed by atoms with E-state index in [1.54, 1.807) is 6.07 Å². The predicted molar refractivity (Wildman–Crippen MR) is 135 cm³/mol. The summed E-state index contributed by atoms with van der Waals surface area (Å²) in [5.41, 5.74) is 2.13. The number of nitrogens with one attached hydrogen (secondary N) is 1. The SMILES string of the molecule is Cc1ccc(C)c(NC(=O)CN2C(=O)S/C(=C/c3ccc(-c4cc(C(=O)O)cc(C(=O)O)c4)o3)C2=O)c1. The molecule has 1 aliphatic rings. The molecule has 3 N–H and O–H groups in total. The Labute approximate surface area is 214 Å². The number of hydrogen-bond acceptors (Lipinski definition) is 7. The monoisotopic (exact) mass is 520 g/mol. The largest absolute Gasteiger partial charge is 0.478 e. The highest BCUT2D eigenvalue weighted by atomic mass is 32.2. The highest BCUT2D eigenvalue weighted by Gasteiger charge is 2.36. The molecule has 1 aliphatic heterocycles. The van der Waals surface area contributed by atoms with Gasteiger partial charge in [-0.25, -0.2) is 9.59 Å². The van der Waals surface area contributed by atoms with E-state index in [4.69, 9.17) is 4.42 Å². The molecule has 1 fully saturated rings. The Bertz CT molecular complexity index is 1470. The Morgan fingerprint density at radius 1 is 0.973 bits per heavy atom. The van der Waals surface area contributed by atoms with Crippen molar-refractivity contribution in [2.24, 2.45) is 0 Å². The lowest BCUT2D eigenvalue weighted by Gasteiger charge is -2.14. The minimum absolute atomic E-state index is 0.0379. The number of amides is 3. The average Bonchev–Trinajstić information content (AvgIpc) is 3.41. The van der Waals surface area contributed by atoms with Gasteiger partial charge in [-0.1, -0.05) is 12.1 Å². The average molecular weight is 521 g/mol. The number of aryl methyl sites for hydroxylation is 2. The zero-order chi connectivity index (χ0) is 26.9. The van der Waals surface area contributed by atoms with Crippen LogP contribution in [0.4, 0.5) is 10.5 Å². The first-order chi connectivity index (χ1) is 17.5. The van der Waals surface area contributed by atoms with Crippen molar-refractivity contribution >= 4 is 52.5 Å². The summed E-state index contributed by atoms with van der Waals surface area (Å²) in [4.78, 5) is 61.3. The lowest BCUT2D eigenvalue weighted by molar-refractivity contribution is -0.127. The van der Waals surface area contributed by atoms with Gasteiger partial charge in [-0.05, 0) is 73.1 Å². The number of hydrogen-bond donors (Lipinski definition) is 3. The van der Waals surface area contributed by atoms with Gasteiger partial charge in [0.25, 0.3) is 11.1 Å². The Balaban J connectivity index is 1.51. The van der Waals surface area contributed by atoms with Crippen molar-refractivity contribution in [2.75, 3.05) is 11.9 Å². The Kier molecular flexibility index (Phi) is 6.98. The number of nitrogens with zero attached hydrogens (tertiary/aromatic N) is 1. The molecule has 0 aliphatic carbocycles. The van der Waals surface area contributed by atoms with Crippen molar-refractivity contribution in [1.29, 1.82) is 0 Å². The van der Waals surface area contributed by atoms with Gasteiger partial charge in [0.2, 0.25) is 5.91 Å². The number of furan rings is 1. The summed E-state index contributed by atoms with van der Waals surface area (Å²) < 4.78 is 5.67. The fourth-order valence-electron chi connectivity index (χ4n) is 3.57. The fourth-order valence-corrected chi connectivity index (χ4v) is 4.39. The van der Waals surface area contributed by atoms with Gasteiger partial charge in [0, 0.05) is 17.3 Å². The zero-order valence-electron chi connectivity index (χ0n) is 19.6. The smallest absolute Gasteiger partial charge is 0.335 e. The van der Waals surface area contributed by atoms with Gasteiger partial charge < -0.3 is 19.9 Å². The molecule has 2 aromatic carbocycles. The number of aromatic carboxylic acids is 2. The van der Waals surface area contributed by atoms with E-state index in [0.29, 0.717) is 17.4 Å². The van der Waals surface area contributed by atoms with Gasteiger partial charge in [0.1, 0.15) is 18.1 Å². The van der Waals surface area contributed by atoms with Crippen molar-refractivity contribution in [3.05, 3.63) is 81.5 Å². The third-order valence-electron chi connectivity index (χ3n) is 5.45. The van der Waals surface area contributed by atoms with Crippen molar-refractivity contribution in [3.8, 4) is 11.3 Å². The molecule has 1 aromatic heterocycles. The third kappa shape index (κ3) is 5.62. The van der Waals surface area contributed by atoms with E-state index in [1.807, 2.05) is 26.0 Å². The van der Waals surface area contributed by atoms with E-state index in [2.05, 4.69) is 5.32 Å². The number of imide groups is 1. The lowest BCUT2D eigenvalue weighted by Crippen LogP contribution is -2.36. The second-order valence-electron chi connectivity index (χ2n) is 8.25. The van der Waals surface area contributed by atoms with Gasteiger partial charge in [-0.2, -0.15) is 0 Å². The summed E-state index contributed by atoms with van der Waals surface area (Å²) in [7, 11) is 0. The maximum Gasteiger partial charge on any atom is 0.335 e. The van der Waals surface area contributed by atoms with Gasteiger partial charge in [0.05, 0.1) is 16.0 Å². The van der Waals surface area contributed by atoms with Crippen LogP contribution in [0.1, 0.15) is 37.6 Å². The van der Waals surface area contributed by atoms with E-state index in [9.17, 15) is 34.2 Å². The number of carboxylic acids is 2. The first-order valence-corrected chi connectivity index (χ1v) is 11.7. The zero-order valence-corrected chi connectivity index (χ0v) is 20.4. The molecule has 0 bridgehead atoms. The number of rotatable bonds is 7. The van der Waals surface area contributed by atoms with Gasteiger partial charge in [-0.15, -0.1) is 0 Å². The first kappa shape index (κ1) is 25.5. The molecule has 37 heavy (non-hydrogen) atoms. The van der Waals surface area contributed by atoms with Crippen LogP contribution >= 0.6 is 11.8 Å². The molecule has 0 unspecified atom stereocenters. The van der Waals surface area contributed by atoms with Crippen LogP contribution in [0.25, 0.3) is 17.4 Å². The molecular weight excluding hydrogens is 500 g/mol. The van der Waals surface area contributed by atoms with Crippen LogP contribution in [0, 0.1) is 13.8 Å². The molecular formula is C26H20N2O8S. The van der Waals surface area contributed by atoms with Gasteiger partial charge in [0.15, 0.2) is 0 Å². The quantitative estimate of drug-likeness (QED) is 0.378. The van der Waals surface area contributed by atoms with Gasteiger partial charge >= 0.3 is 11.9 Å². The Morgan fingerprint density at radius 3 is 2.30 bits per heavy atom. The number of carboxylic acid groups (broad SMARTS) is 2. The van der Waals surface area contributed by atoms with Crippen LogP contribution in [0.2, 0.25) is 0 Å². The van der Waals surface area contributed by atoms with Crippen LogP contribution in [0.5, 0.6) is 0 Å². The van der Waals surface area contributed by atoms with E-state index >= 15 is 0 Å². The molecule has 0 radical (unpaired) electrons. The summed E-state index contributed by atoms with van der Waals surface area (Å²) in [5.74, 6) is -3.44. The van der Waals surface area contributed by atoms with Crippen molar-refractivity contribution < 1.29 is 38.6 Å². The van der Waals surface area contributed by atoms with Crippen LogP contribution in [0.3, 0.4) is 0 Å². The fraction of sp³-hybridized carbons (Fsp3) is 0.115. The second-order valence-corrected chi connectivity index (χ2v) is 9.24. The molecule has 3 aromatic rings. The molecule has 10 nitrogen and oxygen atoms in total. The van der Waals surface area contributed by atoms with E-state index in [0.717, 1.165) is 22.1 Å². The number of carbonyl (C=O) groups excluding carboxylic acids is 3. The number of thioether (sulfide) groups is 1. The molecule has 0 spiro atoms. The first-order valence-electron chi connectivity index (χ1n) is 10.9. The highest BCUT2D eigenvalue weighted by molar-refractivity contribution is 8.18. The van der Waals surface area contributed by atoms with Crippen molar-refractivity contribution in [1.82, 2.24) is 4.90 Å². The maximum absolute atomic E-state index is 12.8. The van der Waals surface area contributed by atoms with Gasteiger partial charge in [-0.3, -0.25) is 19.3 Å². The van der Waals surface area contributed by atoms with Crippen molar-refractivity contribution in [2.45, 2.75) is 13.8 Å². The molecule has 0 atom stereocenters. The molecule has 11 heteroatoms. The minimum Gasteiger partial charge on any atom is -0.478 e. The third-order valence-corrected chi connectivity index (χ3v) is 6.36.